The van der Waals surface area contributed by atoms with E-state index < -0.39 is 0 Å². The molecule has 0 saturated carbocycles. The van der Waals surface area contributed by atoms with Crippen LogP contribution in [0, 0.1) is 0 Å². The summed E-state index contributed by atoms with van der Waals surface area (Å²) in [5.41, 5.74) is 6.66. The predicted octanol–water partition coefficient (Wildman–Crippen LogP) is 4.85. The zero-order valence-electron chi connectivity index (χ0n) is 18.7. The zero-order valence-corrected chi connectivity index (χ0v) is 18.7. The van der Waals surface area contributed by atoms with Crippen molar-refractivity contribution in [3.8, 4) is 0 Å². The summed E-state index contributed by atoms with van der Waals surface area (Å²) < 4.78 is 0. The number of nitrogens with one attached hydrogen (secondary N) is 2. The van der Waals surface area contributed by atoms with Crippen molar-refractivity contribution in [2.45, 2.75) is 31.8 Å². The van der Waals surface area contributed by atoms with Gasteiger partial charge < -0.3 is 15.2 Å². The molecule has 2 unspecified atom stereocenters. The van der Waals surface area contributed by atoms with Gasteiger partial charge in [-0.3, -0.25) is 9.78 Å². The van der Waals surface area contributed by atoms with Crippen LogP contribution in [0.25, 0.3) is 10.8 Å². The minimum Gasteiger partial charge on any atom is -0.375 e. The van der Waals surface area contributed by atoms with E-state index in [-0.39, 0.29) is 17.5 Å². The fraction of sp³-hybridized carbons (Fsp3) is 0.259. The Balaban J connectivity index is 1.81. The molecule has 0 fully saturated rings. The Kier molecular flexibility index (Phi) is 5.27. The quantitative estimate of drug-likeness (QED) is 0.481. The topological polar surface area (TPSA) is 61.0 Å². The van der Waals surface area contributed by atoms with Crippen LogP contribution in [0.2, 0.25) is 0 Å². The number of aromatic amines is 1. The van der Waals surface area contributed by atoms with Crippen molar-refractivity contribution in [2.75, 3.05) is 19.4 Å². The Labute approximate surface area is 188 Å². The standard InChI is InChI=1S/C27H28N4O/c1-4-20-25-23(18-10-7-9-17(15-18)16-31(2)3)26(22-12-5-6-14-28-22)29-21-13-8-11-19(24(21)25)27(32)30-20/h5-15,23,26,29H,4,16H2,1-3H3,(H,30,32). The average Bonchev–Trinajstić information content (AvgIpc) is 2.81. The largest absolute Gasteiger partial charge is 0.375 e. The molecule has 0 radical (unpaired) electrons. The molecular weight excluding hydrogens is 396 g/mol. The van der Waals surface area contributed by atoms with E-state index in [0.717, 1.165) is 40.8 Å². The van der Waals surface area contributed by atoms with Crippen LogP contribution in [-0.4, -0.2) is 29.0 Å². The van der Waals surface area contributed by atoms with Crippen molar-refractivity contribution in [1.82, 2.24) is 14.9 Å². The molecule has 0 amide bonds. The summed E-state index contributed by atoms with van der Waals surface area (Å²) in [7, 11) is 4.17. The second-order valence-electron chi connectivity index (χ2n) is 8.77. The summed E-state index contributed by atoms with van der Waals surface area (Å²) in [5.74, 6) is 0.0243. The first kappa shape index (κ1) is 20.5. The number of hydrogen-bond donors (Lipinski definition) is 2. The van der Waals surface area contributed by atoms with Crippen LogP contribution in [0.4, 0.5) is 5.69 Å². The number of nitrogens with zero attached hydrogens (tertiary/aromatic N) is 2. The molecule has 4 aromatic rings. The van der Waals surface area contributed by atoms with E-state index in [2.05, 4.69) is 72.6 Å². The van der Waals surface area contributed by atoms with Crippen LogP contribution < -0.4 is 10.9 Å². The molecule has 3 heterocycles. The van der Waals surface area contributed by atoms with Gasteiger partial charge in [-0.15, -0.1) is 0 Å². The first-order valence-corrected chi connectivity index (χ1v) is 11.2. The normalized spacial score (nSPS) is 17.5. The molecule has 2 aromatic carbocycles. The molecule has 1 aliphatic rings. The summed E-state index contributed by atoms with van der Waals surface area (Å²) >= 11 is 0. The van der Waals surface area contributed by atoms with Gasteiger partial charge in [0.25, 0.3) is 5.56 Å². The molecule has 5 nitrogen and oxygen atoms in total. The predicted molar refractivity (Wildman–Crippen MR) is 130 cm³/mol. The van der Waals surface area contributed by atoms with Gasteiger partial charge in [0.1, 0.15) is 0 Å². The number of benzene rings is 2. The highest BCUT2D eigenvalue weighted by Gasteiger charge is 2.35. The van der Waals surface area contributed by atoms with Crippen molar-refractivity contribution < 1.29 is 0 Å². The number of hydrogen-bond acceptors (Lipinski definition) is 4. The molecule has 1 aliphatic heterocycles. The van der Waals surface area contributed by atoms with Crippen molar-refractivity contribution in [3.63, 3.8) is 0 Å². The minimum absolute atomic E-state index is 0.0243. The molecule has 0 spiro atoms. The van der Waals surface area contributed by atoms with Crippen LogP contribution in [0.3, 0.4) is 0 Å². The maximum atomic E-state index is 12.9. The van der Waals surface area contributed by atoms with Gasteiger partial charge in [-0.1, -0.05) is 43.3 Å². The second kappa shape index (κ2) is 8.24. The summed E-state index contributed by atoms with van der Waals surface area (Å²) in [6, 6.07) is 20.8. The lowest BCUT2D eigenvalue weighted by atomic mass is 9.77. The lowest BCUT2D eigenvalue weighted by molar-refractivity contribution is 0.402. The number of H-pyrrole nitrogens is 1. The Hall–Kier alpha value is -3.44. The second-order valence-corrected chi connectivity index (χ2v) is 8.77. The third-order valence-electron chi connectivity index (χ3n) is 6.29. The van der Waals surface area contributed by atoms with Crippen LogP contribution in [0.5, 0.6) is 0 Å². The maximum absolute atomic E-state index is 12.9. The number of pyridine rings is 2. The molecule has 2 atom stereocenters. The van der Waals surface area contributed by atoms with Gasteiger partial charge in [-0.25, -0.2) is 0 Å². The highest BCUT2D eigenvalue weighted by Crippen LogP contribution is 2.48. The first-order chi connectivity index (χ1) is 15.6. The van der Waals surface area contributed by atoms with Crippen LogP contribution in [0.1, 0.15) is 47.0 Å². The van der Waals surface area contributed by atoms with Gasteiger partial charge in [0.05, 0.1) is 11.7 Å². The van der Waals surface area contributed by atoms with Crippen LogP contribution >= 0.6 is 0 Å². The summed E-state index contributed by atoms with van der Waals surface area (Å²) in [6.07, 6.45) is 2.61. The van der Waals surface area contributed by atoms with E-state index in [0.29, 0.717) is 0 Å². The zero-order chi connectivity index (χ0) is 22.2. The van der Waals surface area contributed by atoms with Gasteiger partial charge in [0.2, 0.25) is 0 Å². The maximum Gasteiger partial charge on any atom is 0.256 e. The van der Waals surface area contributed by atoms with Gasteiger partial charge in [0, 0.05) is 40.8 Å². The van der Waals surface area contributed by atoms with Gasteiger partial charge in [0.15, 0.2) is 0 Å². The lowest BCUT2D eigenvalue weighted by Gasteiger charge is -2.36. The highest BCUT2D eigenvalue weighted by atomic mass is 16.1. The molecule has 32 heavy (non-hydrogen) atoms. The SMILES string of the molecule is CCc1[nH]c(=O)c2cccc3c2c1C(c1cccc(CN(C)C)c1)C(c1ccccn1)N3. The smallest absolute Gasteiger partial charge is 0.256 e. The number of rotatable bonds is 5. The van der Waals surface area contributed by atoms with E-state index in [4.69, 9.17) is 4.98 Å². The number of aryl methyl sites for hydroxylation is 1. The Morgan fingerprint density at radius 1 is 1.03 bits per heavy atom. The van der Waals surface area contributed by atoms with Crippen molar-refractivity contribution in [2.24, 2.45) is 0 Å². The monoisotopic (exact) mass is 424 g/mol. The minimum atomic E-state index is -0.0416. The lowest BCUT2D eigenvalue weighted by Crippen LogP contribution is -2.29. The van der Waals surface area contributed by atoms with Crippen molar-refractivity contribution in [3.05, 3.63) is 105 Å². The van der Waals surface area contributed by atoms with Gasteiger partial charge >= 0.3 is 0 Å². The molecule has 0 bridgehead atoms. The first-order valence-electron chi connectivity index (χ1n) is 11.2. The molecule has 162 valence electrons. The van der Waals surface area contributed by atoms with E-state index >= 15 is 0 Å². The van der Waals surface area contributed by atoms with Crippen molar-refractivity contribution in [1.29, 1.82) is 0 Å². The van der Waals surface area contributed by atoms with Gasteiger partial charge in [-0.05, 0) is 61.5 Å². The molecular formula is C27H28N4O. The Morgan fingerprint density at radius 2 is 1.88 bits per heavy atom. The third-order valence-corrected chi connectivity index (χ3v) is 6.29. The molecule has 2 N–H and O–H groups in total. The van der Waals surface area contributed by atoms with Crippen LogP contribution in [0.15, 0.2) is 71.7 Å². The number of anilines is 1. The fourth-order valence-electron chi connectivity index (χ4n) is 5.03. The van der Waals surface area contributed by atoms with E-state index in [1.807, 2.05) is 30.5 Å². The van der Waals surface area contributed by atoms with Crippen LogP contribution in [-0.2, 0) is 13.0 Å². The van der Waals surface area contributed by atoms with E-state index in [1.54, 1.807) is 0 Å². The number of aromatic nitrogens is 2. The van der Waals surface area contributed by atoms with E-state index in [1.165, 1.54) is 16.7 Å². The van der Waals surface area contributed by atoms with E-state index in [9.17, 15) is 4.79 Å². The molecule has 5 heteroatoms. The van der Waals surface area contributed by atoms with Crippen molar-refractivity contribution >= 4 is 16.5 Å². The van der Waals surface area contributed by atoms with Gasteiger partial charge in [-0.2, -0.15) is 0 Å². The molecule has 5 rings (SSSR count). The fourth-order valence-corrected chi connectivity index (χ4v) is 5.03. The third kappa shape index (κ3) is 3.49. The Morgan fingerprint density at radius 3 is 2.62 bits per heavy atom. The Bertz CT molecular complexity index is 1330. The summed E-state index contributed by atoms with van der Waals surface area (Å²) in [6.45, 7) is 2.98. The molecule has 2 aromatic heterocycles. The molecule has 0 saturated heterocycles. The highest BCUT2D eigenvalue weighted by molar-refractivity contribution is 5.98. The summed E-state index contributed by atoms with van der Waals surface area (Å²) in [4.78, 5) is 23.0. The average molecular weight is 425 g/mol. The summed E-state index contributed by atoms with van der Waals surface area (Å²) in [5, 5.41) is 5.50. The molecule has 0 aliphatic carbocycles.